The van der Waals surface area contributed by atoms with Gasteiger partial charge in [0.25, 0.3) is 17.5 Å². The van der Waals surface area contributed by atoms with Crippen molar-refractivity contribution in [2.75, 3.05) is 27.4 Å². The molecule has 0 saturated carbocycles. The van der Waals surface area contributed by atoms with Crippen LogP contribution in [0.15, 0.2) is 65.8 Å². The van der Waals surface area contributed by atoms with E-state index in [4.69, 9.17) is 18.9 Å². The predicted molar refractivity (Wildman–Crippen MR) is 143 cm³/mol. The molecule has 2 N–H and O–H groups in total. The number of methoxy groups -OCH3 is 2. The highest BCUT2D eigenvalue weighted by Crippen LogP contribution is 2.29. The number of benzene rings is 3. The molecule has 204 valence electrons. The molecule has 0 saturated heterocycles. The molecule has 3 rings (SSSR count). The third-order valence-corrected chi connectivity index (χ3v) is 5.27. The first kappa shape index (κ1) is 28.4. The van der Waals surface area contributed by atoms with Crippen LogP contribution in [0.1, 0.15) is 28.4 Å². The second-order valence-electron chi connectivity index (χ2n) is 7.90. The summed E-state index contributed by atoms with van der Waals surface area (Å²) in [5, 5.41) is 17.2. The minimum atomic E-state index is -0.520. The van der Waals surface area contributed by atoms with E-state index in [9.17, 15) is 19.7 Å². The zero-order valence-corrected chi connectivity index (χ0v) is 21.6. The maximum absolute atomic E-state index is 12.4. The van der Waals surface area contributed by atoms with Crippen molar-refractivity contribution in [2.24, 2.45) is 5.10 Å². The number of carbonyl (C=O) groups is 2. The molecule has 0 aliphatic rings. The standard InChI is InChI=1S/C27H28N4O8/c1-4-38-25-13-19(7-11-23(25)39-17-18-5-9-21(10-6-18)31(34)35)15-29-30-26(32)16-28-27(33)20-8-12-22(36-2)24(14-20)37-3/h5-15H,4,16-17H2,1-3H3,(H,28,33)(H,30,32)/b29-15+. The highest BCUT2D eigenvalue weighted by Gasteiger charge is 2.12. The van der Waals surface area contributed by atoms with Crippen LogP contribution in [0.5, 0.6) is 23.0 Å². The zero-order chi connectivity index (χ0) is 28.2. The molecule has 0 atom stereocenters. The molecule has 12 heteroatoms. The summed E-state index contributed by atoms with van der Waals surface area (Å²) in [5.41, 5.74) is 4.06. The van der Waals surface area contributed by atoms with Gasteiger partial charge in [0.15, 0.2) is 23.0 Å². The first-order chi connectivity index (χ1) is 18.8. The van der Waals surface area contributed by atoms with E-state index in [-0.39, 0.29) is 18.8 Å². The Kier molecular flexibility index (Phi) is 10.2. The zero-order valence-electron chi connectivity index (χ0n) is 21.6. The van der Waals surface area contributed by atoms with Gasteiger partial charge < -0.3 is 24.3 Å². The van der Waals surface area contributed by atoms with Crippen LogP contribution in [0.25, 0.3) is 0 Å². The minimum absolute atomic E-state index is 0.00442. The second kappa shape index (κ2) is 14.0. The van der Waals surface area contributed by atoms with E-state index in [0.29, 0.717) is 40.7 Å². The van der Waals surface area contributed by atoms with Crippen molar-refractivity contribution in [1.82, 2.24) is 10.7 Å². The largest absolute Gasteiger partial charge is 0.493 e. The Labute approximate surface area is 224 Å². The van der Waals surface area contributed by atoms with Gasteiger partial charge in [-0.05, 0) is 66.6 Å². The summed E-state index contributed by atoms with van der Waals surface area (Å²) in [5.74, 6) is 0.853. The summed E-state index contributed by atoms with van der Waals surface area (Å²) >= 11 is 0. The number of nitrogens with one attached hydrogen (secondary N) is 2. The van der Waals surface area contributed by atoms with Gasteiger partial charge in [-0.25, -0.2) is 5.43 Å². The van der Waals surface area contributed by atoms with Gasteiger partial charge in [0.2, 0.25) is 0 Å². The molecular weight excluding hydrogens is 508 g/mol. The van der Waals surface area contributed by atoms with Gasteiger partial charge >= 0.3 is 0 Å². The molecule has 0 aliphatic carbocycles. The second-order valence-corrected chi connectivity index (χ2v) is 7.90. The van der Waals surface area contributed by atoms with Crippen LogP contribution in [0.2, 0.25) is 0 Å². The lowest BCUT2D eigenvalue weighted by molar-refractivity contribution is -0.384. The Bertz CT molecular complexity index is 1340. The van der Waals surface area contributed by atoms with Crippen LogP contribution in [-0.4, -0.2) is 50.3 Å². The minimum Gasteiger partial charge on any atom is -0.493 e. The number of hydrogen-bond acceptors (Lipinski definition) is 9. The van der Waals surface area contributed by atoms with E-state index < -0.39 is 16.7 Å². The van der Waals surface area contributed by atoms with Crippen LogP contribution in [0.4, 0.5) is 5.69 Å². The van der Waals surface area contributed by atoms with E-state index in [1.165, 1.54) is 38.6 Å². The van der Waals surface area contributed by atoms with Crippen molar-refractivity contribution in [3.63, 3.8) is 0 Å². The molecule has 12 nitrogen and oxygen atoms in total. The average molecular weight is 537 g/mol. The quantitative estimate of drug-likeness (QED) is 0.191. The van der Waals surface area contributed by atoms with Crippen molar-refractivity contribution in [3.8, 4) is 23.0 Å². The van der Waals surface area contributed by atoms with Crippen molar-refractivity contribution in [2.45, 2.75) is 13.5 Å². The highest BCUT2D eigenvalue weighted by atomic mass is 16.6. The number of ether oxygens (including phenoxy) is 4. The smallest absolute Gasteiger partial charge is 0.269 e. The lowest BCUT2D eigenvalue weighted by Gasteiger charge is -2.12. The van der Waals surface area contributed by atoms with E-state index in [0.717, 1.165) is 5.56 Å². The number of hydrazone groups is 1. The first-order valence-corrected chi connectivity index (χ1v) is 11.8. The number of carbonyl (C=O) groups excluding carboxylic acids is 2. The fraction of sp³-hybridized carbons (Fsp3) is 0.222. The molecule has 0 spiro atoms. The Morgan fingerprint density at radius 3 is 2.31 bits per heavy atom. The maximum atomic E-state index is 12.4. The van der Waals surface area contributed by atoms with E-state index >= 15 is 0 Å². The Morgan fingerprint density at radius 1 is 0.923 bits per heavy atom. The van der Waals surface area contributed by atoms with Gasteiger partial charge in [0.05, 0.1) is 38.5 Å². The van der Waals surface area contributed by atoms with Crippen molar-refractivity contribution in [3.05, 3.63) is 87.5 Å². The van der Waals surface area contributed by atoms with E-state index in [1.807, 2.05) is 6.92 Å². The van der Waals surface area contributed by atoms with Crippen LogP contribution >= 0.6 is 0 Å². The third kappa shape index (κ3) is 8.18. The number of nitrogens with zero attached hydrogens (tertiary/aromatic N) is 2. The molecule has 0 fully saturated rings. The normalized spacial score (nSPS) is 10.5. The molecular formula is C27H28N4O8. The molecule has 2 amide bonds. The summed E-state index contributed by atoms with van der Waals surface area (Å²) < 4.78 is 21.8. The topological polar surface area (TPSA) is 151 Å². The molecule has 0 aromatic heterocycles. The maximum Gasteiger partial charge on any atom is 0.269 e. The molecule has 39 heavy (non-hydrogen) atoms. The van der Waals surface area contributed by atoms with Gasteiger partial charge in [0.1, 0.15) is 6.61 Å². The number of nitro benzene ring substituents is 1. The lowest BCUT2D eigenvalue weighted by Crippen LogP contribution is -2.34. The fourth-order valence-electron chi connectivity index (χ4n) is 3.33. The number of nitro groups is 1. The Hall–Kier alpha value is -5.13. The number of hydrogen-bond donors (Lipinski definition) is 2. The molecule has 0 unspecified atom stereocenters. The first-order valence-electron chi connectivity index (χ1n) is 11.8. The van der Waals surface area contributed by atoms with Crippen LogP contribution < -0.4 is 29.7 Å². The van der Waals surface area contributed by atoms with Gasteiger partial charge in [-0.2, -0.15) is 5.10 Å². The third-order valence-electron chi connectivity index (χ3n) is 5.27. The summed E-state index contributed by atoms with van der Waals surface area (Å²) in [6.45, 7) is 2.13. The molecule has 0 aliphatic heterocycles. The van der Waals surface area contributed by atoms with Crippen LogP contribution in [0.3, 0.4) is 0 Å². The molecule has 0 heterocycles. The summed E-state index contributed by atoms with van der Waals surface area (Å²) in [6.07, 6.45) is 1.43. The lowest BCUT2D eigenvalue weighted by atomic mass is 10.2. The van der Waals surface area contributed by atoms with Crippen LogP contribution in [-0.2, 0) is 11.4 Å². The van der Waals surface area contributed by atoms with E-state index in [1.54, 1.807) is 42.5 Å². The van der Waals surface area contributed by atoms with Gasteiger partial charge in [-0.3, -0.25) is 19.7 Å². The van der Waals surface area contributed by atoms with Gasteiger partial charge in [-0.1, -0.05) is 0 Å². The Balaban J connectivity index is 1.53. The fourth-order valence-corrected chi connectivity index (χ4v) is 3.33. The summed E-state index contributed by atoms with van der Waals surface area (Å²) in [7, 11) is 2.96. The highest BCUT2D eigenvalue weighted by molar-refractivity contribution is 5.97. The number of rotatable bonds is 13. The monoisotopic (exact) mass is 536 g/mol. The summed E-state index contributed by atoms with van der Waals surface area (Å²) in [4.78, 5) is 34.8. The molecule has 0 radical (unpaired) electrons. The average Bonchev–Trinajstić information content (AvgIpc) is 2.95. The Morgan fingerprint density at radius 2 is 1.64 bits per heavy atom. The van der Waals surface area contributed by atoms with E-state index in [2.05, 4.69) is 15.8 Å². The van der Waals surface area contributed by atoms with Crippen LogP contribution in [0, 0.1) is 10.1 Å². The summed E-state index contributed by atoms with van der Waals surface area (Å²) in [6, 6.07) is 15.9. The molecule has 3 aromatic carbocycles. The number of non-ortho nitro benzene ring substituents is 1. The van der Waals surface area contributed by atoms with Crippen molar-refractivity contribution in [1.29, 1.82) is 0 Å². The van der Waals surface area contributed by atoms with Gasteiger partial charge in [0, 0.05) is 17.7 Å². The number of amides is 2. The van der Waals surface area contributed by atoms with Crippen molar-refractivity contribution >= 4 is 23.7 Å². The van der Waals surface area contributed by atoms with Gasteiger partial charge in [-0.15, -0.1) is 0 Å². The molecule has 3 aromatic rings. The predicted octanol–water partition coefficient (Wildman–Crippen LogP) is 3.47. The SMILES string of the molecule is CCOc1cc(/C=N/NC(=O)CNC(=O)c2ccc(OC)c(OC)c2)ccc1OCc1ccc([N+](=O)[O-])cc1. The molecule has 0 bridgehead atoms. The van der Waals surface area contributed by atoms with Crippen molar-refractivity contribution < 1.29 is 33.5 Å².